The zero-order valence-corrected chi connectivity index (χ0v) is 13.2. The van der Waals surface area contributed by atoms with E-state index < -0.39 is 0 Å². The molecule has 0 radical (unpaired) electrons. The Balaban J connectivity index is 1.81. The summed E-state index contributed by atoms with van der Waals surface area (Å²) in [7, 11) is 0. The molecule has 0 amide bonds. The molecule has 0 atom stereocenters. The molecule has 0 aliphatic carbocycles. The lowest BCUT2D eigenvalue weighted by Gasteiger charge is -2.11. The number of aryl methyl sites for hydroxylation is 1. The molecule has 0 saturated carbocycles. The van der Waals surface area contributed by atoms with E-state index in [9.17, 15) is 0 Å². The number of ether oxygens (including phenoxy) is 1. The maximum atomic E-state index is 5.42. The number of thiocarbonyl (C=S) groups is 1. The molecule has 21 heavy (non-hydrogen) atoms. The van der Waals surface area contributed by atoms with Gasteiger partial charge in [-0.25, -0.2) is 0 Å². The third-order valence-electron chi connectivity index (χ3n) is 3.00. The van der Waals surface area contributed by atoms with Crippen LogP contribution in [0, 0.1) is 6.92 Å². The predicted molar refractivity (Wildman–Crippen MR) is 91.9 cm³/mol. The van der Waals surface area contributed by atoms with E-state index in [2.05, 4.69) is 29.7 Å². The van der Waals surface area contributed by atoms with Gasteiger partial charge in [0.05, 0.1) is 6.61 Å². The van der Waals surface area contributed by atoms with Crippen molar-refractivity contribution in [2.75, 3.05) is 11.9 Å². The largest absolute Gasteiger partial charge is 0.494 e. The van der Waals surface area contributed by atoms with E-state index in [1.54, 1.807) is 0 Å². The second-order valence-electron chi connectivity index (χ2n) is 4.75. The highest BCUT2D eigenvalue weighted by molar-refractivity contribution is 7.80. The van der Waals surface area contributed by atoms with Crippen LogP contribution in [-0.4, -0.2) is 11.7 Å². The van der Waals surface area contributed by atoms with Gasteiger partial charge in [0.1, 0.15) is 5.75 Å². The highest BCUT2D eigenvalue weighted by Crippen LogP contribution is 2.12. The number of benzene rings is 2. The molecule has 2 N–H and O–H groups in total. The lowest BCUT2D eigenvalue weighted by atomic mass is 10.2. The van der Waals surface area contributed by atoms with E-state index in [0.29, 0.717) is 18.3 Å². The first-order chi connectivity index (χ1) is 10.2. The first-order valence-electron chi connectivity index (χ1n) is 7.00. The number of hydrogen-bond acceptors (Lipinski definition) is 2. The van der Waals surface area contributed by atoms with Crippen LogP contribution in [0.4, 0.5) is 5.69 Å². The molecule has 0 heterocycles. The molecule has 0 bridgehead atoms. The average Bonchev–Trinajstić information content (AvgIpc) is 2.49. The smallest absolute Gasteiger partial charge is 0.171 e. The molecule has 3 nitrogen and oxygen atoms in total. The van der Waals surface area contributed by atoms with Crippen LogP contribution in [0.5, 0.6) is 5.75 Å². The molecular weight excluding hydrogens is 280 g/mol. The molecule has 0 spiro atoms. The topological polar surface area (TPSA) is 33.3 Å². The summed E-state index contributed by atoms with van der Waals surface area (Å²) in [5.41, 5.74) is 3.38. The van der Waals surface area contributed by atoms with Crippen molar-refractivity contribution >= 4 is 23.0 Å². The lowest BCUT2D eigenvalue weighted by Crippen LogP contribution is -2.27. The maximum Gasteiger partial charge on any atom is 0.171 e. The van der Waals surface area contributed by atoms with Crippen LogP contribution in [0.2, 0.25) is 0 Å². The Morgan fingerprint density at radius 1 is 1.05 bits per heavy atom. The van der Waals surface area contributed by atoms with Crippen LogP contribution in [0.15, 0.2) is 48.5 Å². The highest BCUT2D eigenvalue weighted by Gasteiger charge is 1.99. The zero-order valence-electron chi connectivity index (χ0n) is 12.3. The monoisotopic (exact) mass is 300 g/mol. The molecular formula is C17H20N2OS. The van der Waals surface area contributed by atoms with E-state index in [0.717, 1.165) is 17.0 Å². The van der Waals surface area contributed by atoms with Gasteiger partial charge >= 0.3 is 0 Å². The van der Waals surface area contributed by atoms with Gasteiger partial charge in [-0.05, 0) is 55.9 Å². The summed E-state index contributed by atoms with van der Waals surface area (Å²) in [5.74, 6) is 0.890. The number of hydrogen-bond donors (Lipinski definition) is 2. The minimum absolute atomic E-state index is 0.618. The van der Waals surface area contributed by atoms with Gasteiger partial charge in [0, 0.05) is 12.2 Å². The van der Waals surface area contributed by atoms with E-state index in [1.807, 2.05) is 43.3 Å². The Hall–Kier alpha value is -2.07. The van der Waals surface area contributed by atoms with Crippen molar-refractivity contribution in [2.45, 2.75) is 20.4 Å². The quantitative estimate of drug-likeness (QED) is 0.821. The van der Waals surface area contributed by atoms with Crippen molar-refractivity contribution < 1.29 is 4.74 Å². The van der Waals surface area contributed by atoms with Crippen molar-refractivity contribution in [1.29, 1.82) is 0 Å². The molecule has 0 fully saturated rings. The highest BCUT2D eigenvalue weighted by atomic mass is 32.1. The Kier molecular flexibility index (Phi) is 5.58. The Labute approximate surface area is 131 Å². The van der Waals surface area contributed by atoms with Crippen molar-refractivity contribution in [2.24, 2.45) is 0 Å². The summed E-state index contributed by atoms with van der Waals surface area (Å²) in [4.78, 5) is 0. The maximum absolute atomic E-state index is 5.42. The summed E-state index contributed by atoms with van der Waals surface area (Å²) in [6.07, 6.45) is 0. The molecule has 4 heteroatoms. The summed E-state index contributed by atoms with van der Waals surface area (Å²) in [6, 6.07) is 16.1. The summed E-state index contributed by atoms with van der Waals surface area (Å²) >= 11 is 5.29. The minimum atomic E-state index is 0.618. The van der Waals surface area contributed by atoms with Gasteiger partial charge in [-0.2, -0.15) is 0 Å². The fourth-order valence-corrected chi connectivity index (χ4v) is 2.05. The van der Waals surface area contributed by atoms with Crippen LogP contribution in [0.3, 0.4) is 0 Å². The molecule has 2 aromatic carbocycles. The molecule has 2 aromatic rings. The molecule has 2 rings (SSSR count). The lowest BCUT2D eigenvalue weighted by molar-refractivity contribution is 0.340. The zero-order chi connectivity index (χ0) is 15.1. The molecule has 110 valence electrons. The van der Waals surface area contributed by atoms with Crippen LogP contribution < -0.4 is 15.4 Å². The van der Waals surface area contributed by atoms with Crippen LogP contribution >= 0.6 is 12.2 Å². The first kappa shape index (κ1) is 15.3. The molecule has 0 aliphatic heterocycles. The fourth-order valence-electron chi connectivity index (χ4n) is 1.86. The number of rotatable bonds is 5. The molecule has 0 aromatic heterocycles. The van der Waals surface area contributed by atoms with E-state index in [-0.39, 0.29) is 0 Å². The van der Waals surface area contributed by atoms with E-state index >= 15 is 0 Å². The third-order valence-corrected chi connectivity index (χ3v) is 3.24. The number of nitrogens with one attached hydrogen (secondary N) is 2. The van der Waals surface area contributed by atoms with E-state index in [1.165, 1.54) is 5.56 Å². The number of anilines is 1. The Morgan fingerprint density at radius 2 is 1.71 bits per heavy atom. The predicted octanol–water partition coefficient (Wildman–Crippen LogP) is 3.88. The summed E-state index contributed by atoms with van der Waals surface area (Å²) < 4.78 is 5.42. The Bertz CT molecular complexity index is 579. The van der Waals surface area contributed by atoms with Gasteiger partial charge in [0.25, 0.3) is 0 Å². The average molecular weight is 300 g/mol. The first-order valence-corrected chi connectivity index (χ1v) is 7.41. The van der Waals surface area contributed by atoms with Crippen LogP contribution in [0.25, 0.3) is 0 Å². The van der Waals surface area contributed by atoms with Gasteiger partial charge < -0.3 is 15.4 Å². The SMILES string of the molecule is CCOc1ccc(CNC(=S)Nc2ccc(C)cc2)cc1. The summed E-state index contributed by atoms with van der Waals surface area (Å²) in [6.45, 7) is 5.41. The second kappa shape index (κ2) is 7.64. The van der Waals surface area contributed by atoms with Gasteiger partial charge in [0.15, 0.2) is 5.11 Å². The van der Waals surface area contributed by atoms with Crippen molar-refractivity contribution in [3.63, 3.8) is 0 Å². The van der Waals surface area contributed by atoms with Gasteiger partial charge in [0.2, 0.25) is 0 Å². The third kappa shape index (κ3) is 5.08. The summed E-state index contributed by atoms with van der Waals surface area (Å²) in [5, 5.41) is 6.98. The van der Waals surface area contributed by atoms with Gasteiger partial charge in [-0.3, -0.25) is 0 Å². The van der Waals surface area contributed by atoms with Crippen LogP contribution in [0.1, 0.15) is 18.1 Å². The molecule has 0 saturated heterocycles. The molecule has 0 aliphatic rings. The van der Waals surface area contributed by atoms with Crippen molar-refractivity contribution in [1.82, 2.24) is 5.32 Å². The molecule has 0 unspecified atom stereocenters. The van der Waals surface area contributed by atoms with Crippen molar-refractivity contribution in [3.8, 4) is 5.75 Å². The van der Waals surface area contributed by atoms with E-state index in [4.69, 9.17) is 17.0 Å². The standard InChI is InChI=1S/C17H20N2OS/c1-3-20-16-10-6-14(7-11-16)12-18-17(21)19-15-8-4-13(2)5-9-15/h4-11H,3,12H2,1-2H3,(H2,18,19,21). The van der Waals surface area contributed by atoms with Gasteiger partial charge in [-0.1, -0.05) is 29.8 Å². The second-order valence-corrected chi connectivity index (χ2v) is 5.16. The normalized spacial score (nSPS) is 10.0. The fraction of sp³-hybridized carbons (Fsp3) is 0.235. The minimum Gasteiger partial charge on any atom is -0.494 e. The Morgan fingerprint density at radius 3 is 2.33 bits per heavy atom. The van der Waals surface area contributed by atoms with Gasteiger partial charge in [-0.15, -0.1) is 0 Å². The van der Waals surface area contributed by atoms with Crippen LogP contribution in [-0.2, 0) is 6.54 Å². The van der Waals surface area contributed by atoms with Crippen molar-refractivity contribution in [3.05, 3.63) is 59.7 Å².